The van der Waals surface area contributed by atoms with E-state index in [1.54, 1.807) is 12.1 Å². The van der Waals surface area contributed by atoms with Gasteiger partial charge < -0.3 is 5.32 Å². The molecule has 0 aromatic heterocycles. The number of rotatable bonds is 6. The number of benzene rings is 1. The SMILES string of the molecule is CCCCCCC(=O)Nc1cc[c]cc1. The van der Waals surface area contributed by atoms with E-state index in [9.17, 15) is 4.79 Å². The summed E-state index contributed by atoms with van der Waals surface area (Å²) in [5.74, 6) is 0.109. The van der Waals surface area contributed by atoms with Crippen LogP contribution >= 0.6 is 0 Å². The predicted octanol–water partition coefficient (Wildman–Crippen LogP) is 3.40. The Bertz CT molecular complexity index is 282. The highest BCUT2D eigenvalue weighted by Gasteiger charge is 2.00. The van der Waals surface area contributed by atoms with E-state index in [0.717, 1.165) is 18.5 Å². The first-order chi connectivity index (χ1) is 7.33. The van der Waals surface area contributed by atoms with Gasteiger partial charge in [-0.2, -0.15) is 0 Å². The predicted molar refractivity (Wildman–Crippen MR) is 62.7 cm³/mol. The van der Waals surface area contributed by atoms with Crippen LogP contribution < -0.4 is 5.32 Å². The van der Waals surface area contributed by atoms with Crippen LogP contribution in [0.4, 0.5) is 5.69 Å². The van der Waals surface area contributed by atoms with Gasteiger partial charge >= 0.3 is 0 Å². The average molecular weight is 204 g/mol. The maximum atomic E-state index is 11.5. The lowest BCUT2D eigenvalue weighted by Crippen LogP contribution is -2.10. The summed E-state index contributed by atoms with van der Waals surface area (Å²) in [7, 11) is 0. The van der Waals surface area contributed by atoms with E-state index in [1.165, 1.54) is 12.8 Å². The molecule has 1 rings (SSSR count). The van der Waals surface area contributed by atoms with Crippen LogP contribution in [0.1, 0.15) is 39.0 Å². The Morgan fingerprint density at radius 3 is 2.67 bits per heavy atom. The fourth-order valence-electron chi connectivity index (χ4n) is 1.41. The zero-order valence-electron chi connectivity index (χ0n) is 9.25. The van der Waals surface area contributed by atoms with Crippen molar-refractivity contribution in [2.24, 2.45) is 0 Å². The number of anilines is 1. The van der Waals surface area contributed by atoms with E-state index in [2.05, 4.69) is 18.3 Å². The molecule has 0 unspecified atom stereocenters. The highest BCUT2D eigenvalue weighted by Crippen LogP contribution is 2.07. The molecule has 0 spiro atoms. The van der Waals surface area contributed by atoms with Gasteiger partial charge in [0.25, 0.3) is 0 Å². The molecular formula is C13H18NO. The van der Waals surface area contributed by atoms with E-state index >= 15 is 0 Å². The van der Waals surface area contributed by atoms with Gasteiger partial charge in [0.2, 0.25) is 5.91 Å². The van der Waals surface area contributed by atoms with Crippen LogP contribution in [0.2, 0.25) is 0 Å². The second-order valence-electron chi connectivity index (χ2n) is 3.65. The number of hydrogen-bond donors (Lipinski definition) is 1. The summed E-state index contributed by atoms with van der Waals surface area (Å²) < 4.78 is 0. The molecule has 15 heavy (non-hydrogen) atoms. The van der Waals surface area contributed by atoms with Gasteiger partial charge in [0.05, 0.1) is 0 Å². The molecule has 2 heteroatoms. The van der Waals surface area contributed by atoms with E-state index in [0.29, 0.717) is 6.42 Å². The quantitative estimate of drug-likeness (QED) is 0.707. The summed E-state index contributed by atoms with van der Waals surface area (Å²) in [6.07, 6.45) is 5.17. The minimum absolute atomic E-state index is 0.109. The summed E-state index contributed by atoms with van der Waals surface area (Å²) in [4.78, 5) is 11.5. The second kappa shape index (κ2) is 7.04. The lowest BCUT2D eigenvalue weighted by molar-refractivity contribution is -0.116. The van der Waals surface area contributed by atoms with Crippen molar-refractivity contribution in [1.82, 2.24) is 0 Å². The van der Waals surface area contributed by atoms with Crippen LogP contribution in [0.15, 0.2) is 24.3 Å². The molecule has 0 aliphatic carbocycles. The third kappa shape index (κ3) is 5.21. The number of carbonyl (C=O) groups excluding carboxylic acids is 1. The molecular weight excluding hydrogens is 186 g/mol. The van der Waals surface area contributed by atoms with Crippen LogP contribution in [-0.4, -0.2) is 5.91 Å². The highest BCUT2D eigenvalue weighted by molar-refractivity contribution is 5.90. The largest absolute Gasteiger partial charge is 0.326 e. The van der Waals surface area contributed by atoms with Crippen molar-refractivity contribution in [3.8, 4) is 0 Å². The van der Waals surface area contributed by atoms with Crippen LogP contribution in [-0.2, 0) is 4.79 Å². The molecule has 0 heterocycles. The van der Waals surface area contributed by atoms with Crippen LogP contribution in [0.25, 0.3) is 0 Å². The summed E-state index contributed by atoms with van der Waals surface area (Å²) in [6, 6.07) is 10.2. The van der Waals surface area contributed by atoms with Crippen molar-refractivity contribution < 1.29 is 4.79 Å². The van der Waals surface area contributed by atoms with Crippen LogP contribution in [0, 0.1) is 6.07 Å². The monoisotopic (exact) mass is 204 g/mol. The summed E-state index contributed by atoms with van der Waals surface area (Å²) in [6.45, 7) is 2.17. The Labute approximate surface area is 91.7 Å². The normalized spacial score (nSPS) is 9.93. The summed E-state index contributed by atoms with van der Waals surface area (Å²) >= 11 is 0. The molecule has 0 fully saturated rings. The molecule has 1 N–H and O–H groups in total. The van der Waals surface area contributed by atoms with Gasteiger partial charge in [-0.25, -0.2) is 0 Å². The first kappa shape index (κ1) is 11.8. The van der Waals surface area contributed by atoms with E-state index in [-0.39, 0.29) is 5.91 Å². The van der Waals surface area contributed by atoms with Gasteiger partial charge in [0.1, 0.15) is 0 Å². The average Bonchev–Trinajstić information content (AvgIpc) is 2.26. The van der Waals surface area contributed by atoms with Crippen molar-refractivity contribution >= 4 is 11.6 Å². The van der Waals surface area contributed by atoms with Crippen molar-refractivity contribution in [3.05, 3.63) is 30.3 Å². The van der Waals surface area contributed by atoms with E-state index < -0.39 is 0 Å². The lowest BCUT2D eigenvalue weighted by atomic mass is 10.1. The van der Waals surface area contributed by atoms with E-state index in [4.69, 9.17) is 0 Å². The van der Waals surface area contributed by atoms with Gasteiger partial charge in [-0.3, -0.25) is 4.79 Å². The molecule has 81 valence electrons. The molecule has 0 aliphatic heterocycles. The smallest absolute Gasteiger partial charge is 0.224 e. The van der Waals surface area contributed by atoms with E-state index in [1.807, 2.05) is 12.1 Å². The molecule has 2 nitrogen and oxygen atoms in total. The highest BCUT2D eigenvalue weighted by atomic mass is 16.1. The van der Waals surface area contributed by atoms with Gasteiger partial charge in [0.15, 0.2) is 0 Å². The van der Waals surface area contributed by atoms with Crippen molar-refractivity contribution in [3.63, 3.8) is 0 Å². The standard InChI is InChI=1S/C13H18NO/c1-2-3-4-8-11-13(15)14-12-9-6-5-7-10-12/h6-7,9-10H,2-4,8,11H2,1H3,(H,14,15). The molecule has 0 saturated carbocycles. The maximum Gasteiger partial charge on any atom is 0.224 e. The summed E-state index contributed by atoms with van der Waals surface area (Å²) in [5.41, 5.74) is 0.856. The molecule has 1 radical (unpaired) electrons. The maximum absolute atomic E-state index is 11.5. The molecule has 0 aliphatic rings. The van der Waals surface area contributed by atoms with Crippen molar-refractivity contribution in [2.75, 3.05) is 5.32 Å². The van der Waals surface area contributed by atoms with Gasteiger partial charge in [0, 0.05) is 12.1 Å². The Balaban J connectivity index is 2.19. The third-order valence-electron chi connectivity index (χ3n) is 2.26. The third-order valence-corrected chi connectivity index (χ3v) is 2.26. The number of amides is 1. The van der Waals surface area contributed by atoms with Crippen LogP contribution in [0.3, 0.4) is 0 Å². The first-order valence-electron chi connectivity index (χ1n) is 5.59. The zero-order chi connectivity index (χ0) is 10.9. The fraction of sp³-hybridized carbons (Fsp3) is 0.462. The Morgan fingerprint density at radius 2 is 2.00 bits per heavy atom. The Hall–Kier alpha value is -1.31. The first-order valence-corrected chi connectivity index (χ1v) is 5.59. The molecule has 0 atom stereocenters. The van der Waals surface area contributed by atoms with Gasteiger partial charge in [-0.15, -0.1) is 0 Å². The van der Waals surface area contributed by atoms with Crippen LogP contribution in [0.5, 0.6) is 0 Å². The number of carbonyl (C=O) groups is 1. The van der Waals surface area contributed by atoms with Gasteiger partial charge in [-0.1, -0.05) is 38.3 Å². The minimum Gasteiger partial charge on any atom is -0.326 e. The number of hydrogen-bond acceptors (Lipinski definition) is 1. The lowest BCUT2D eigenvalue weighted by Gasteiger charge is -2.04. The molecule has 1 aromatic rings. The molecule has 0 saturated heterocycles. The number of nitrogens with one attached hydrogen (secondary N) is 1. The number of unbranched alkanes of at least 4 members (excludes halogenated alkanes) is 3. The second-order valence-corrected chi connectivity index (χ2v) is 3.65. The van der Waals surface area contributed by atoms with Gasteiger partial charge in [-0.05, 0) is 24.6 Å². The topological polar surface area (TPSA) is 29.1 Å². The fourth-order valence-corrected chi connectivity index (χ4v) is 1.41. The Morgan fingerprint density at radius 1 is 1.27 bits per heavy atom. The molecule has 0 bridgehead atoms. The molecule has 1 aromatic carbocycles. The Kier molecular flexibility index (Phi) is 5.52. The van der Waals surface area contributed by atoms with Crippen molar-refractivity contribution in [1.29, 1.82) is 0 Å². The zero-order valence-corrected chi connectivity index (χ0v) is 9.25. The van der Waals surface area contributed by atoms with Crippen molar-refractivity contribution in [2.45, 2.75) is 39.0 Å². The molecule has 1 amide bonds. The summed E-state index contributed by atoms with van der Waals surface area (Å²) in [5, 5.41) is 2.86. The minimum atomic E-state index is 0.109.